The number of ether oxygens (including phenoxy) is 1. The number of amides is 1. The second-order valence-corrected chi connectivity index (χ2v) is 15.6. The first-order chi connectivity index (χ1) is 18.4. The Labute approximate surface area is 242 Å². The molecule has 4 fully saturated rings. The number of hydrogen-bond acceptors (Lipinski definition) is 5. The van der Waals surface area contributed by atoms with Crippen LogP contribution in [0.4, 0.5) is 0 Å². The van der Waals surface area contributed by atoms with E-state index in [0.29, 0.717) is 6.54 Å². The predicted molar refractivity (Wildman–Crippen MR) is 156 cm³/mol. The van der Waals surface area contributed by atoms with Crippen molar-refractivity contribution in [1.29, 1.82) is 5.26 Å². The molecule has 0 spiro atoms. The Morgan fingerprint density at radius 3 is 2.35 bits per heavy atom. The van der Waals surface area contributed by atoms with Crippen molar-refractivity contribution in [1.82, 2.24) is 5.32 Å². The summed E-state index contributed by atoms with van der Waals surface area (Å²) in [5, 5.41) is 13.2. The van der Waals surface area contributed by atoms with Crippen molar-refractivity contribution in [3.05, 3.63) is 11.6 Å². The van der Waals surface area contributed by atoms with Gasteiger partial charge in [0.1, 0.15) is 12.2 Å². The fraction of sp³-hybridized carbons (Fsp3) is 0.824. The van der Waals surface area contributed by atoms with Gasteiger partial charge in [-0.1, -0.05) is 61.0 Å². The van der Waals surface area contributed by atoms with Crippen LogP contribution >= 0.6 is 0 Å². The van der Waals surface area contributed by atoms with E-state index in [1.165, 1.54) is 0 Å². The number of hydrogen-bond donors (Lipinski definition) is 1. The van der Waals surface area contributed by atoms with Crippen LogP contribution in [-0.2, 0) is 19.1 Å². The van der Waals surface area contributed by atoms with Gasteiger partial charge in [0.25, 0.3) is 0 Å². The van der Waals surface area contributed by atoms with Crippen LogP contribution in [0.15, 0.2) is 11.6 Å². The van der Waals surface area contributed by atoms with Crippen LogP contribution < -0.4 is 5.32 Å². The van der Waals surface area contributed by atoms with E-state index in [9.17, 15) is 19.6 Å². The second kappa shape index (κ2) is 9.79. The number of nitrogens with zero attached hydrogens (tertiary/aromatic N) is 1. The van der Waals surface area contributed by atoms with Crippen molar-refractivity contribution < 1.29 is 19.1 Å². The summed E-state index contributed by atoms with van der Waals surface area (Å²) >= 11 is 0. The third kappa shape index (κ3) is 4.32. The Morgan fingerprint density at radius 2 is 1.80 bits per heavy atom. The molecular formula is C34H52N2O4. The van der Waals surface area contributed by atoms with Crippen LogP contribution in [0.1, 0.15) is 114 Å². The molecule has 1 N–H and O–H groups in total. The third-order valence-corrected chi connectivity index (χ3v) is 12.5. The third-order valence-electron chi connectivity index (χ3n) is 12.5. The van der Waals surface area contributed by atoms with Crippen LogP contribution in [0, 0.1) is 56.2 Å². The van der Waals surface area contributed by atoms with Crippen LogP contribution in [-0.4, -0.2) is 35.7 Å². The van der Waals surface area contributed by atoms with E-state index in [1.807, 2.05) is 13.8 Å². The Balaban J connectivity index is 1.72. The maximum Gasteiger partial charge on any atom is 0.240 e. The molecule has 222 valence electrons. The van der Waals surface area contributed by atoms with Crippen molar-refractivity contribution in [2.45, 2.75) is 126 Å². The number of carbonyl (C=O) groups is 3. The molecule has 40 heavy (non-hydrogen) atoms. The molecule has 6 nitrogen and oxygen atoms in total. The summed E-state index contributed by atoms with van der Waals surface area (Å²) in [6.45, 7) is 22.0. The second-order valence-electron chi connectivity index (χ2n) is 15.6. The standard InChI is InChI=1S/C34H52N2O4/c1-11-36-28(39)33(16-14-29(5,6)19-21(33)2)17-15-30(7,8)31(9)13-12-24-23(4)26(38)34(20-35)27(40-34)32(24,10)25(31)18-22(3)37/h18,21,23-24,27H,11-17,19H2,1-10H3,(H,36,39)/b25-18+/t21?,23-,24-,27+,31+,32-,33-,34-/m0/s1. The van der Waals surface area contributed by atoms with Crippen molar-refractivity contribution in [3.63, 3.8) is 0 Å². The molecule has 1 saturated heterocycles. The van der Waals surface area contributed by atoms with Crippen LogP contribution in [0.5, 0.6) is 0 Å². The lowest BCUT2D eigenvalue weighted by Crippen LogP contribution is -2.59. The molecule has 0 bridgehead atoms. The lowest BCUT2D eigenvalue weighted by Gasteiger charge is -2.60. The number of allylic oxidation sites excluding steroid dienone is 1. The molecular weight excluding hydrogens is 500 g/mol. The molecule has 0 aromatic carbocycles. The van der Waals surface area contributed by atoms with Crippen LogP contribution in [0.25, 0.3) is 0 Å². The first kappa shape index (κ1) is 30.9. The van der Waals surface area contributed by atoms with E-state index < -0.39 is 22.5 Å². The highest BCUT2D eigenvalue weighted by Crippen LogP contribution is 2.71. The van der Waals surface area contributed by atoms with Crippen LogP contribution in [0.2, 0.25) is 0 Å². The maximum atomic E-state index is 13.7. The van der Waals surface area contributed by atoms with E-state index in [2.05, 4.69) is 59.9 Å². The average molecular weight is 553 g/mol. The summed E-state index contributed by atoms with van der Waals surface area (Å²) < 4.78 is 6.03. The van der Waals surface area contributed by atoms with Gasteiger partial charge in [0.05, 0.1) is 5.41 Å². The average Bonchev–Trinajstić information content (AvgIpc) is 3.62. The molecule has 0 aromatic heterocycles. The molecule has 0 aromatic rings. The van der Waals surface area contributed by atoms with E-state index in [4.69, 9.17) is 4.74 Å². The number of fused-ring (bicyclic) bond motifs is 3. The Hall–Kier alpha value is -2.00. The summed E-state index contributed by atoms with van der Waals surface area (Å²) in [6, 6.07) is 2.21. The fourth-order valence-corrected chi connectivity index (χ4v) is 9.45. The van der Waals surface area contributed by atoms with Gasteiger partial charge in [-0.15, -0.1) is 0 Å². The van der Waals surface area contributed by atoms with E-state index >= 15 is 0 Å². The van der Waals surface area contributed by atoms with Gasteiger partial charge in [0.15, 0.2) is 11.6 Å². The van der Waals surface area contributed by atoms with Crippen molar-refractivity contribution in [3.8, 4) is 6.07 Å². The van der Waals surface area contributed by atoms with Gasteiger partial charge in [-0.2, -0.15) is 5.26 Å². The molecule has 6 heteroatoms. The molecule has 3 saturated carbocycles. The molecule has 1 aliphatic heterocycles. The molecule has 1 unspecified atom stereocenters. The minimum atomic E-state index is -1.39. The predicted octanol–water partition coefficient (Wildman–Crippen LogP) is 6.58. The Kier molecular flexibility index (Phi) is 7.57. The number of nitrogens with one attached hydrogen (secondary N) is 1. The van der Waals surface area contributed by atoms with Crippen molar-refractivity contribution in [2.24, 2.45) is 44.8 Å². The fourth-order valence-electron chi connectivity index (χ4n) is 9.45. The maximum absolute atomic E-state index is 13.7. The smallest absolute Gasteiger partial charge is 0.240 e. The van der Waals surface area contributed by atoms with Gasteiger partial charge in [-0.25, -0.2) is 0 Å². The highest BCUT2D eigenvalue weighted by molar-refractivity contribution is 5.98. The van der Waals surface area contributed by atoms with E-state index in [-0.39, 0.29) is 51.5 Å². The minimum absolute atomic E-state index is 0.0192. The summed E-state index contributed by atoms with van der Waals surface area (Å²) in [6.07, 6.45) is 7.53. The van der Waals surface area contributed by atoms with Gasteiger partial charge < -0.3 is 10.1 Å². The number of epoxide rings is 1. The number of rotatable bonds is 7. The highest BCUT2D eigenvalue weighted by Gasteiger charge is 2.79. The summed E-state index contributed by atoms with van der Waals surface area (Å²) in [5.74, 6) is 0.0379. The first-order valence-electron chi connectivity index (χ1n) is 15.5. The van der Waals surface area contributed by atoms with Gasteiger partial charge in [-0.05, 0) is 93.0 Å². The molecule has 3 aliphatic carbocycles. The van der Waals surface area contributed by atoms with Gasteiger partial charge >= 0.3 is 0 Å². The molecule has 1 heterocycles. The van der Waals surface area contributed by atoms with Crippen molar-refractivity contribution in [2.75, 3.05) is 6.54 Å². The quantitative estimate of drug-likeness (QED) is 0.284. The van der Waals surface area contributed by atoms with Gasteiger partial charge in [0, 0.05) is 17.9 Å². The molecule has 4 aliphatic rings. The molecule has 4 rings (SSSR count). The van der Waals surface area contributed by atoms with E-state index in [1.54, 1.807) is 13.0 Å². The van der Waals surface area contributed by atoms with Crippen LogP contribution in [0.3, 0.4) is 0 Å². The Bertz CT molecular complexity index is 1160. The lowest BCUT2D eigenvalue weighted by molar-refractivity contribution is -0.140. The van der Waals surface area contributed by atoms with Crippen molar-refractivity contribution >= 4 is 17.5 Å². The summed E-state index contributed by atoms with van der Waals surface area (Å²) in [5.41, 5.74) is -1.74. The Morgan fingerprint density at radius 1 is 1.15 bits per heavy atom. The SMILES string of the molecule is CCNC(=O)[C@]1(CCC(C)(C)[C@]2(C)CC[C@H]3[C@H](C)C(=O)[C@]4(C#N)O[C@@H]4[C@]3(C)/C2=C/C(C)=O)CCC(C)(C)CC1C. The molecule has 8 atom stereocenters. The number of carbonyl (C=O) groups excluding carboxylic acids is 3. The molecule has 0 radical (unpaired) electrons. The monoisotopic (exact) mass is 552 g/mol. The number of Topliss-reactive ketones (excluding diaryl/α,β-unsaturated/α-hetero) is 1. The zero-order valence-electron chi connectivity index (χ0n) is 26.6. The highest BCUT2D eigenvalue weighted by atomic mass is 16.6. The summed E-state index contributed by atoms with van der Waals surface area (Å²) in [4.78, 5) is 39.7. The number of ketones is 2. The zero-order chi connectivity index (χ0) is 30.1. The largest absolute Gasteiger partial charge is 0.356 e. The normalized spacial score (nSPS) is 43.3. The first-order valence-corrected chi connectivity index (χ1v) is 15.5. The lowest BCUT2D eigenvalue weighted by atomic mass is 9.42. The minimum Gasteiger partial charge on any atom is -0.356 e. The van der Waals surface area contributed by atoms with E-state index in [0.717, 1.165) is 50.5 Å². The summed E-state index contributed by atoms with van der Waals surface area (Å²) in [7, 11) is 0. The molecule has 1 amide bonds. The zero-order valence-corrected chi connectivity index (χ0v) is 26.6. The number of nitriles is 1. The van der Waals surface area contributed by atoms with Gasteiger partial charge in [-0.3, -0.25) is 14.4 Å². The van der Waals surface area contributed by atoms with Gasteiger partial charge in [0.2, 0.25) is 11.5 Å². The topological polar surface area (TPSA) is 99.6 Å².